The van der Waals surface area contributed by atoms with Gasteiger partial charge in [0.2, 0.25) is 0 Å². The van der Waals surface area contributed by atoms with Gasteiger partial charge < -0.3 is 9.47 Å². The van der Waals surface area contributed by atoms with Crippen LogP contribution in [0.2, 0.25) is 29.4 Å². The van der Waals surface area contributed by atoms with Crippen LogP contribution in [0.4, 0.5) is 0 Å². The Labute approximate surface area is 213 Å². The van der Waals surface area contributed by atoms with Gasteiger partial charge in [-0.15, -0.1) is 11.3 Å². The Balaban J connectivity index is 1.84. The number of thiophene rings is 1. The second kappa shape index (κ2) is 10.7. The molecular weight excluding hydrogens is 545 g/mol. The van der Waals surface area contributed by atoms with Gasteiger partial charge in [-0.25, -0.2) is 0 Å². The van der Waals surface area contributed by atoms with Crippen LogP contribution in [0.1, 0.15) is 20.8 Å². The number of ketones is 1. The van der Waals surface area contributed by atoms with E-state index in [-0.39, 0.29) is 43.3 Å². The zero-order chi connectivity index (χ0) is 22.7. The number of allylic oxidation sites excluding steroid dienone is 1. The van der Waals surface area contributed by atoms with Crippen molar-refractivity contribution in [2.45, 2.75) is 6.61 Å². The number of methoxy groups -OCH3 is 1. The predicted octanol–water partition coefficient (Wildman–Crippen LogP) is 9.15. The van der Waals surface area contributed by atoms with Gasteiger partial charge in [-0.3, -0.25) is 4.79 Å². The molecule has 0 radical (unpaired) electrons. The molecule has 3 aromatic rings. The first kappa shape index (κ1) is 24.5. The van der Waals surface area contributed by atoms with Crippen LogP contribution in [0.15, 0.2) is 36.4 Å². The van der Waals surface area contributed by atoms with Crippen LogP contribution in [0.3, 0.4) is 0 Å². The van der Waals surface area contributed by atoms with Gasteiger partial charge in [0.05, 0.1) is 31.4 Å². The van der Waals surface area contributed by atoms with E-state index in [1.807, 2.05) is 12.1 Å². The largest absolute Gasteiger partial charge is 0.496 e. The molecule has 1 aromatic heterocycles. The standard InChI is InChI=1S/C21H12Cl6O3S/c1-29-13-5-3-10(2-4-12(28)14-6-7-15(22)31-14)8-11(13)9-30-21-19(26)17(24)16(23)18(25)20(21)27/h2-8H,9H2,1H3/b4-2+. The molecule has 31 heavy (non-hydrogen) atoms. The van der Waals surface area contributed by atoms with E-state index in [2.05, 4.69) is 0 Å². The summed E-state index contributed by atoms with van der Waals surface area (Å²) in [6, 6.07) is 8.74. The van der Waals surface area contributed by atoms with E-state index in [0.29, 0.717) is 20.5 Å². The van der Waals surface area contributed by atoms with Crippen molar-refractivity contribution in [3.8, 4) is 11.5 Å². The van der Waals surface area contributed by atoms with Crippen LogP contribution >= 0.6 is 80.9 Å². The van der Waals surface area contributed by atoms with Crippen LogP contribution < -0.4 is 9.47 Å². The van der Waals surface area contributed by atoms with Gasteiger partial charge in [-0.2, -0.15) is 0 Å². The van der Waals surface area contributed by atoms with E-state index in [1.165, 1.54) is 24.5 Å². The maximum Gasteiger partial charge on any atom is 0.195 e. The Kier molecular flexibility index (Phi) is 8.44. The summed E-state index contributed by atoms with van der Waals surface area (Å²) in [5.74, 6) is 0.539. The van der Waals surface area contributed by atoms with Gasteiger partial charge in [0.25, 0.3) is 0 Å². The Hall–Kier alpha value is -1.11. The highest BCUT2D eigenvalue weighted by molar-refractivity contribution is 7.18. The number of rotatable bonds is 7. The van der Waals surface area contributed by atoms with Crippen molar-refractivity contribution in [1.82, 2.24) is 0 Å². The fraction of sp³-hybridized carbons (Fsp3) is 0.0952. The molecule has 3 rings (SSSR count). The molecule has 0 aliphatic rings. The molecule has 2 aromatic carbocycles. The second-order valence-electron chi connectivity index (χ2n) is 6.06. The Morgan fingerprint density at radius 1 is 0.935 bits per heavy atom. The van der Waals surface area contributed by atoms with Crippen molar-refractivity contribution in [3.63, 3.8) is 0 Å². The van der Waals surface area contributed by atoms with Crippen LogP contribution in [0, 0.1) is 0 Å². The highest BCUT2D eigenvalue weighted by Gasteiger charge is 2.21. The number of benzene rings is 2. The van der Waals surface area contributed by atoms with Crippen molar-refractivity contribution in [3.05, 3.63) is 81.9 Å². The van der Waals surface area contributed by atoms with Crippen LogP contribution in [-0.4, -0.2) is 12.9 Å². The summed E-state index contributed by atoms with van der Waals surface area (Å²) in [6.07, 6.45) is 3.16. The minimum absolute atomic E-state index is 0.0450. The third-order valence-corrected chi connectivity index (χ3v) is 7.58. The summed E-state index contributed by atoms with van der Waals surface area (Å²) >= 11 is 37.7. The van der Waals surface area contributed by atoms with Crippen molar-refractivity contribution in [2.24, 2.45) is 0 Å². The normalized spacial score (nSPS) is 11.2. The maximum absolute atomic E-state index is 12.3. The number of carbonyl (C=O) groups is 1. The van der Waals surface area contributed by atoms with Gasteiger partial charge in [-0.05, 0) is 35.9 Å². The zero-order valence-corrected chi connectivity index (χ0v) is 21.0. The molecule has 0 aliphatic heterocycles. The summed E-state index contributed by atoms with van der Waals surface area (Å²) < 4.78 is 11.7. The molecule has 1 heterocycles. The number of carbonyl (C=O) groups excluding carboxylic acids is 1. The monoisotopic (exact) mass is 554 g/mol. The van der Waals surface area contributed by atoms with E-state index in [4.69, 9.17) is 79.1 Å². The zero-order valence-electron chi connectivity index (χ0n) is 15.6. The first-order valence-corrected chi connectivity index (χ1v) is 11.6. The minimum Gasteiger partial charge on any atom is -0.496 e. The van der Waals surface area contributed by atoms with E-state index in [9.17, 15) is 4.79 Å². The summed E-state index contributed by atoms with van der Waals surface area (Å²) in [6.45, 7) is 0.0487. The lowest BCUT2D eigenvalue weighted by atomic mass is 10.1. The average Bonchev–Trinajstić information content (AvgIpc) is 3.21. The Morgan fingerprint density at radius 2 is 1.58 bits per heavy atom. The molecule has 10 heteroatoms. The number of ether oxygens (including phenoxy) is 2. The molecule has 0 spiro atoms. The SMILES string of the molecule is COc1ccc(/C=C/C(=O)c2ccc(Cl)s2)cc1COc1c(Cl)c(Cl)c(Cl)c(Cl)c1Cl. The highest BCUT2D eigenvalue weighted by Crippen LogP contribution is 2.48. The van der Waals surface area contributed by atoms with Crippen LogP contribution in [0.5, 0.6) is 11.5 Å². The molecular formula is C21H12Cl6O3S. The Morgan fingerprint density at radius 3 is 2.16 bits per heavy atom. The molecule has 0 N–H and O–H groups in total. The third kappa shape index (κ3) is 5.63. The molecule has 162 valence electrons. The smallest absolute Gasteiger partial charge is 0.195 e. The molecule has 0 aliphatic carbocycles. The van der Waals surface area contributed by atoms with Crippen molar-refractivity contribution < 1.29 is 14.3 Å². The summed E-state index contributed by atoms with van der Waals surface area (Å²) in [7, 11) is 1.54. The quantitative estimate of drug-likeness (QED) is 0.126. The van der Waals surface area contributed by atoms with Gasteiger partial charge in [0, 0.05) is 5.56 Å². The predicted molar refractivity (Wildman–Crippen MR) is 132 cm³/mol. The topological polar surface area (TPSA) is 35.5 Å². The van der Waals surface area contributed by atoms with E-state index in [0.717, 1.165) is 5.56 Å². The van der Waals surface area contributed by atoms with E-state index >= 15 is 0 Å². The van der Waals surface area contributed by atoms with Crippen molar-refractivity contribution in [1.29, 1.82) is 0 Å². The number of hydrogen-bond donors (Lipinski definition) is 0. The van der Waals surface area contributed by atoms with Gasteiger partial charge in [-0.1, -0.05) is 81.7 Å². The van der Waals surface area contributed by atoms with E-state index < -0.39 is 0 Å². The fourth-order valence-corrected chi connectivity index (χ4v) is 4.77. The minimum atomic E-state index is -0.144. The fourth-order valence-electron chi connectivity index (χ4n) is 2.58. The second-order valence-corrected chi connectivity index (χ2v) is 9.67. The third-order valence-electron chi connectivity index (χ3n) is 4.09. The van der Waals surface area contributed by atoms with Crippen LogP contribution in [0.25, 0.3) is 6.08 Å². The van der Waals surface area contributed by atoms with Gasteiger partial charge in [0.1, 0.15) is 22.4 Å². The average molecular weight is 557 g/mol. The lowest BCUT2D eigenvalue weighted by Gasteiger charge is -2.15. The molecule has 0 unspecified atom stereocenters. The molecule has 0 fully saturated rings. The molecule has 0 atom stereocenters. The summed E-state index contributed by atoms with van der Waals surface area (Å²) in [5, 5.41) is 0.242. The lowest BCUT2D eigenvalue weighted by Crippen LogP contribution is -2.01. The first-order valence-electron chi connectivity index (χ1n) is 8.51. The Bertz CT molecular complexity index is 1140. The molecule has 0 saturated heterocycles. The van der Waals surface area contributed by atoms with Gasteiger partial charge >= 0.3 is 0 Å². The molecule has 0 saturated carbocycles. The lowest BCUT2D eigenvalue weighted by molar-refractivity contribution is 0.105. The molecule has 3 nitrogen and oxygen atoms in total. The first-order chi connectivity index (χ1) is 14.7. The highest BCUT2D eigenvalue weighted by atomic mass is 35.5. The number of hydrogen-bond acceptors (Lipinski definition) is 4. The molecule has 0 amide bonds. The van der Waals surface area contributed by atoms with E-state index in [1.54, 1.807) is 24.3 Å². The summed E-state index contributed by atoms with van der Waals surface area (Å²) in [4.78, 5) is 12.8. The van der Waals surface area contributed by atoms with Gasteiger partial charge in [0.15, 0.2) is 11.5 Å². The summed E-state index contributed by atoms with van der Waals surface area (Å²) in [5.41, 5.74) is 1.45. The van der Waals surface area contributed by atoms with Crippen molar-refractivity contribution >= 4 is 92.8 Å². The number of halogens is 6. The van der Waals surface area contributed by atoms with Crippen LogP contribution in [-0.2, 0) is 6.61 Å². The van der Waals surface area contributed by atoms with Crippen molar-refractivity contribution in [2.75, 3.05) is 7.11 Å². The molecule has 0 bridgehead atoms. The maximum atomic E-state index is 12.3.